The van der Waals surface area contributed by atoms with E-state index in [4.69, 9.17) is 21.4 Å². The number of likely N-dealkylation sites (N-methyl/N-ethyl adjacent to an activating group) is 1. The van der Waals surface area contributed by atoms with Crippen LogP contribution in [0.1, 0.15) is 15.9 Å². The van der Waals surface area contributed by atoms with E-state index >= 15 is 0 Å². The van der Waals surface area contributed by atoms with Crippen LogP contribution >= 0.6 is 11.6 Å². The first-order valence-corrected chi connectivity index (χ1v) is 8.35. The highest BCUT2D eigenvalue weighted by Gasteiger charge is 2.33. The van der Waals surface area contributed by atoms with Crippen LogP contribution in [0.2, 0.25) is 5.02 Å². The minimum Gasteiger partial charge on any atom is -0.478 e. The fraction of sp³-hybridized carbons (Fsp3) is 0.462. The smallest absolute Gasteiger partial charge is 0.337 e. The SMILES string of the molecule is COCCN(C)S(=O)(=O)N1CCc2cc(C(=O)O)c(Cl)cc21. The van der Waals surface area contributed by atoms with Crippen LogP contribution in [0.25, 0.3) is 0 Å². The molecule has 9 heteroatoms. The van der Waals surface area contributed by atoms with E-state index in [-0.39, 0.29) is 30.3 Å². The van der Waals surface area contributed by atoms with Crippen molar-refractivity contribution in [3.63, 3.8) is 0 Å². The van der Waals surface area contributed by atoms with Crippen molar-refractivity contribution in [2.24, 2.45) is 0 Å². The van der Waals surface area contributed by atoms with Gasteiger partial charge in [-0.15, -0.1) is 0 Å². The molecule has 0 aliphatic carbocycles. The number of fused-ring (bicyclic) bond motifs is 1. The number of rotatable bonds is 6. The number of benzene rings is 1. The summed E-state index contributed by atoms with van der Waals surface area (Å²) < 4.78 is 32.5. The Labute approximate surface area is 134 Å². The molecule has 0 amide bonds. The van der Waals surface area contributed by atoms with Gasteiger partial charge >= 0.3 is 16.2 Å². The van der Waals surface area contributed by atoms with Gasteiger partial charge in [0, 0.05) is 27.2 Å². The third kappa shape index (κ3) is 3.05. The number of ether oxygens (including phenoxy) is 1. The summed E-state index contributed by atoms with van der Waals surface area (Å²) in [5.74, 6) is -1.13. The van der Waals surface area contributed by atoms with Crippen molar-refractivity contribution in [2.75, 3.05) is 38.2 Å². The van der Waals surface area contributed by atoms with Crippen molar-refractivity contribution in [3.8, 4) is 0 Å². The maximum Gasteiger partial charge on any atom is 0.337 e. The molecule has 0 aromatic heterocycles. The van der Waals surface area contributed by atoms with Crippen molar-refractivity contribution in [2.45, 2.75) is 6.42 Å². The van der Waals surface area contributed by atoms with Gasteiger partial charge in [-0.05, 0) is 24.1 Å². The van der Waals surface area contributed by atoms with Crippen LogP contribution in [0.3, 0.4) is 0 Å². The third-order valence-corrected chi connectivity index (χ3v) is 5.75. The first-order valence-electron chi connectivity index (χ1n) is 6.57. The lowest BCUT2D eigenvalue weighted by atomic mass is 10.1. The zero-order valence-electron chi connectivity index (χ0n) is 12.2. The van der Waals surface area contributed by atoms with E-state index in [9.17, 15) is 13.2 Å². The number of carboxylic acids is 1. The molecule has 0 unspecified atom stereocenters. The number of carbonyl (C=O) groups is 1. The van der Waals surface area contributed by atoms with Gasteiger partial charge in [0.2, 0.25) is 0 Å². The molecule has 22 heavy (non-hydrogen) atoms. The monoisotopic (exact) mass is 348 g/mol. The van der Waals surface area contributed by atoms with Crippen molar-refractivity contribution < 1.29 is 23.1 Å². The second-order valence-corrected chi connectivity index (χ2v) is 7.28. The molecule has 0 spiro atoms. The topological polar surface area (TPSA) is 87.2 Å². The van der Waals surface area contributed by atoms with E-state index in [1.54, 1.807) is 0 Å². The number of methoxy groups -OCH3 is 1. The molecular weight excluding hydrogens is 332 g/mol. The quantitative estimate of drug-likeness (QED) is 0.835. The number of hydrogen-bond donors (Lipinski definition) is 1. The van der Waals surface area contributed by atoms with E-state index in [1.807, 2.05) is 0 Å². The molecule has 0 saturated carbocycles. The van der Waals surface area contributed by atoms with Gasteiger partial charge in [-0.1, -0.05) is 11.6 Å². The predicted octanol–water partition coefficient (Wildman–Crippen LogP) is 1.22. The van der Waals surface area contributed by atoms with Crippen LogP contribution in [0.15, 0.2) is 12.1 Å². The van der Waals surface area contributed by atoms with E-state index in [1.165, 1.54) is 34.9 Å². The van der Waals surface area contributed by atoms with Crippen molar-refractivity contribution in [1.29, 1.82) is 0 Å². The number of hydrogen-bond acceptors (Lipinski definition) is 4. The summed E-state index contributed by atoms with van der Waals surface area (Å²) in [5.41, 5.74) is 1.07. The highest BCUT2D eigenvalue weighted by Crippen LogP contribution is 2.35. The second kappa shape index (κ2) is 6.41. The molecule has 0 saturated heterocycles. The van der Waals surface area contributed by atoms with Gasteiger partial charge in [0.25, 0.3) is 0 Å². The van der Waals surface area contributed by atoms with Gasteiger partial charge in [0.05, 0.1) is 22.9 Å². The van der Waals surface area contributed by atoms with E-state index in [0.29, 0.717) is 17.7 Å². The van der Waals surface area contributed by atoms with Crippen LogP contribution in [0, 0.1) is 0 Å². The lowest BCUT2D eigenvalue weighted by Crippen LogP contribution is -2.42. The maximum absolute atomic E-state index is 12.6. The minimum absolute atomic E-state index is 0.0209. The summed E-state index contributed by atoms with van der Waals surface area (Å²) in [6.45, 7) is 0.773. The molecule has 1 heterocycles. The lowest BCUT2D eigenvalue weighted by Gasteiger charge is -2.26. The maximum atomic E-state index is 12.6. The van der Waals surface area contributed by atoms with E-state index in [2.05, 4.69) is 0 Å². The fourth-order valence-corrected chi connectivity index (χ4v) is 3.91. The summed E-state index contributed by atoms with van der Waals surface area (Å²) in [5, 5.41) is 9.09. The van der Waals surface area contributed by atoms with Crippen LogP contribution in [-0.2, 0) is 21.4 Å². The molecular formula is C13H17ClN2O5S. The summed E-state index contributed by atoms with van der Waals surface area (Å²) in [6.07, 6.45) is 0.449. The molecule has 0 fully saturated rings. The number of carboxylic acid groups (broad SMARTS) is 1. The standard InChI is InChI=1S/C13H17ClN2O5S/c1-15(5-6-21-2)22(19,20)16-4-3-9-7-10(13(17)18)11(14)8-12(9)16/h7-8H,3-6H2,1-2H3,(H,17,18). The average molecular weight is 349 g/mol. The highest BCUT2D eigenvalue weighted by molar-refractivity contribution is 7.90. The first kappa shape index (κ1) is 17.0. The van der Waals surface area contributed by atoms with Crippen molar-refractivity contribution in [3.05, 3.63) is 28.3 Å². The Balaban J connectivity index is 2.36. The van der Waals surface area contributed by atoms with Gasteiger partial charge in [-0.2, -0.15) is 12.7 Å². The van der Waals surface area contributed by atoms with Crippen LogP contribution < -0.4 is 4.31 Å². The first-order chi connectivity index (χ1) is 10.3. The fourth-order valence-electron chi connectivity index (χ4n) is 2.29. The molecule has 1 aromatic rings. The van der Waals surface area contributed by atoms with Gasteiger partial charge in [-0.25, -0.2) is 4.79 Å². The van der Waals surface area contributed by atoms with Crippen LogP contribution in [0.4, 0.5) is 5.69 Å². The highest BCUT2D eigenvalue weighted by atomic mass is 35.5. The molecule has 0 radical (unpaired) electrons. The number of aromatic carboxylic acids is 1. The minimum atomic E-state index is -3.69. The molecule has 1 N–H and O–H groups in total. The summed E-state index contributed by atoms with van der Waals surface area (Å²) in [6, 6.07) is 2.83. The number of nitrogens with zero attached hydrogens (tertiary/aromatic N) is 2. The summed E-state index contributed by atoms with van der Waals surface area (Å²) >= 11 is 5.95. The van der Waals surface area contributed by atoms with Crippen LogP contribution in [0.5, 0.6) is 0 Å². The van der Waals surface area contributed by atoms with Crippen molar-refractivity contribution in [1.82, 2.24) is 4.31 Å². The zero-order chi connectivity index (χ0) is 16.5. The predicted molar refractivity (Wildman–Crippen MR) is 82.9 cm³/mol. The van der Waals surface area contributed by atoms with Gasteiger partial charge < -0.3 is 9.84 Å². The molecule has 1 aromatic carbocycles. The molecule has 122 valence electrons. The molecule has 1 aliphatic heterocycles. The Kier molecular flexibility index (Phi) is 4.96. The molecule has 1 aliphatic rings. The lowest BCUT2D eigenvalue weighted by molar-refractivity contribution is 0.0697. The summed E-state index contributed by atoms with van der Waals surface area (Å²) in [7, 11) is -0.723. The number of halogens is 1. The molecule has 7 nitrogen and oxygen atoms in total. The summed E-state index contributed by atoms with van der Waals surface area (Å²) in [4.78, 5) is 11.1. The average Bonchev–Trinajstić information content (AvgIpc) is 2.86. The van der Waals surface area contributed by atoms with Gasteiger partial charge in [0.1, 0.15) is 0 Å². The Hall–Kier alpha value is -1.35. The van der Waals surface area contributed by atoms with Crippen molar-refractivity contribution >= 4 is 33.5 Å². The van der Waals surface area contributed by atoms with Gasteiger partial charge in [0.15, 0.2) is 0 Å². The normalized spacial score (nSPS) is 14.5. The van der Waals surface area contributed by atoms with Gasteiger partial charge in [-0.3, -0.25) is 4.31 Å². The molecule has 0 bridgehead atoms. The molecule has 2 rings (SSSR count). The van der Waals surface area contributed by atoms with E-state index < -0.39 is 16.2 Å². The van der Waals surface area contributed by atoms with E-state index in [0.717, 1.165) is 0 Å². The second-order valence-electron chi connectivity index (χ2n) is 4.91. The van der Waals surface area contributed by atoms with Crippen LogP contribution in [-0.4, -0.2) is 57.7 Å². The molecule has 0 atom stereocenters. The Morgan fingerprint density at radius 2 is 2.18 bits per heavy atom. The Morgan fingerprint density at radius 3 is 2.77 bits per heavy atom. The number of anilines is 1. The Morgan fingerprint density at radius 1 is 1.50 bits per heavy atom. The Bertz CT molecular complexity index is 692. The third-order valence-electron chi connectivity index (χ3n) is 3.53. The largest absolute Gasteiger partial charge is 0.478 e. The zero-order valence-corrected chi connectivity index (χ0v) is 13.8.